The predicted molar refractivity (Wildman–Crippen MR) is 96.7 cm³/mol. The number of hydrogen-bond acceptors (Lipinski definition) is 5. The van der Waals surface area contributed by atoms with Crippen molar-refractivity contribution in [3.05, 3.63) is 83.8 Å². The number of benzene rings is 2. The summed E-state index contributed by atoms with van der Waals surface area (Å²) in [5, 5.41) is 17.4. The summed E-state index contributed by atoms with van der Waals surface area (Å²) in [6.45, 7) is 0. The minimum absolute atomic E-state index is 0.281. The number of nitrogen functional groups attached to an aromatic ring is 1. The maximum Gasteiger partial charge on any atom is 0.156 e. The molecule has 0 saturated carbocycles. The number of nitrogens with zero attached hydrogens (tertiary/aromatic N) is 4. The van der Waals surface area contributed by atoms with E-state index in [1.807, 2.05) is 30.3 Å². The Labute approximate surface area is 148 Å². The van der Waals surface area contributed by atoms with Gasteiger partial charge in [-0.15, -0.1) is 0 Å². The van der Waals surface area contributed by atoms with Crippen molar-refractivity contribution < 1.29 is 9.60 Å². The Morgan fingerprint density at radius 3 is 2.42 bits per heavy atom. The van der Waals surface area contributed by atoms with Gasteiger partial charge in [-0.25, -0.2) is 13.9 Å². The third-order valence-corrected chi connectivity index (χ3v) is 4.01. The van der Waals surface area contributed by atoms with Crippen molar-refractivity contribution in [1.29, 1.82) is 0 Å². The lowest BCUT2D eigenvalue weighted by Gasteiger charge is -2.06. The van der Waals surface area contributed by atoms with Crippen molar-refractivity contribution in [2.24, 2.45) is 5.16 Å². The van der Waals surface area contributed by atoms with Crippen molar-refractivity contribution in [2.75, 3.05) is 5.73 Å². The number of halogens is 1. The highest BCUT2D eigenvalue weighted by Crippen LogP contribution is 2.26. The molecule has 0 atom stereocenters. The van der Waals surface area contributed by atoms with Crippen molar-refractivity contribution in [3.8, 4) is 11.3 Å². The van der Waals surface area contributed by atoms with Crippen molar-refractivity contribution >= 4 is 17.2 Å². The molecule has 3 N–H and O–H groups in total. The van der Waals surface area contributed by atoms with Crippen LogP contribution in [0.5, 0.6) is 0 Å². The summed E-state index contributed by atoms with van der Waals surface area (Å²) in [6.07, 6.45) is 0. The molecule has 2 heterocycles. The number of fused-ring (bicyclic) bond motifs is 1. The van der Waals surface area contributed by atoms with Gasteiger partial charge in [0, 0.05) is 11.1 Å². The molecule has 0 aliphatic carbocycles. The molecule has 0 saturated heterocycles. The first-order valence-corrected chi connectivity index (χ1v) is 7.86. The molecular formula is C19H14FN5O. The number of oxime groups is 1. The fourth-order valence-corrected chi connectivity index (χ4v) is 2.81. The molecular weight excluding hydrogens is 333 g/mol. The van der Waals surface area contributed by atoms with Crippen LogP contribution < -0.4 is 5.73 Å². The van der Waals surface area contributed by atoms with Gasteiger partial charge < -0.3 is 10.9 Å². The van der Waals surface area contributed by atoms with E-state index in [1.165, 1.54) is 12.1 Å². The van der Waals surface area contributed by atoms with E-state index < -0.39 is 0 Å². The van der Waals surface area contributed by atoms with Crippen LogP contribution in [0.3, 0.4) is 0 Å². The highest BCUT2D eigenvalue weighted by Gasteiger charge is 2.16. The molecule has 128 valence electrons. The summed E-state index contributed by atoms with van der Waals surface area (Å²) in [5.41, 5.74) is 9.31. The standard InChI is InChI=1S/C19H14FN5O/c20-14-8-6-13(7-9-14)18-19(21)22-16-11-10-15(23-25(16)18)17(24-26)12-4-2-1-3-5-12/h1-11,26H,21H2/b24-17-. The summed E-state index contributed by atoms with van der Waals surface area (Å²) in [6, 6.07) is 18.6. The number of anilines is 1. The molecule has 7 heteroatoms. The molecule has 2 aromatic carbocycles. The fraction of sp³-hybridized carbons (Fsp3) is 0. The zero-order valence-electron chi connectivity index (χ0n) is 13.5. The minimum atomic E-state index is -0.339. The number of hydrogen-bond donors (Lipinski definition) is 2. The van der Waals surface area contributed by atoms with Crippen LogP contribution >= 0.6 is 0 Å². The molecule has 0 radical (unpaired) electrons. The van der Waals surface area contributed by atoms with E-state index >= 15 is 0 Å². The normalized spacial score (nSPS) is 11.8. The number of aromatic nitrogens is 3. The SMILES string of the molecule is Nc1nc2ccc(/C(=N\O)c3ccccc3)nn2c1-c1ccc(F)cc1. The maximum atomic E-state index is 13.2. The van der Waals surface area contributed by atoms with Gasteiger partial charge in [-0.3, -0.25) is 0 Å². The Morgan fingerprint density at radius 1 is 1.00 bits per heavy atom. The van der Waals surface area contributed by atoms with Crippen LogP contribution in [0.1, 0.15) is 11.3 Å². The van der Waals surface area contributed by atoms with E-state index in [1.54, 1.807) is 28.8 Å². The molecule has 0 spiro atoms. The molecule has 0 aliphatic rings. The Morgan fingerprint density at radius 2 is 1.73 bits per heavy atom. The first kappa shape index (κ1) is 15.8. The summed E-state index contributed by atoms with van der Waals surface area (Å²) < 4.78 is 14.8. The highest BCUT2D eigenvalue weighted by molar-refractivity contribution is 6.11. The third kappa shape index (κ3) is 2.65. The Bertz CT molecular complexity index is 1100. The molecule has 26 heavy (non-hydrogen) atoms. The second-order valence-corrected chi connectivity index (χ2v) is 5.66. The van der Waals surface area contributed by atoms with Crippen LogP contribution in [0.2, 0.25) is 0 Å². The quantitative estimate of drug-likeness (QED) is 0.338. The highest BCUT2D eigenvalue weighted by atomic mass is 19.1. The van der Waals surface area contributed by atoms with Gasteiger partial charge in [-0.1, -0.05) is 35.5 Å². The van der Waals surface area contributed by atoms with Crippen LogP contribution in [0.25, 0.3) is 16.9 Å². The lowest BCUT2D eigenvalue weighted by atomic mass is 10.1. The van der Waals surface area contributed by atoms with Crippen molar-refractivity contribution in [2.45, 2.75) is 0 Å². The van der Waals surface area contributed by atoms with Crippen molar-refractivity contribution in [1.82, 2.24) is 14.6 Å². The molecule has 0 aliphatic heterocycles. The number of rotatable bonds is 3. The maximum absolute atomic E-state index is 13.2. The second kappa shape index (κ2) is 6.29. The Kier molecular flexibility index (Phi) is 3.81. The third-order valence-electron chi connectivity index (χ3n) is 4.01. The number of nitrogens with two attached hydrogens (primary N) is 1. The van der Waals surface area contributed by atoms with Gasteiger partial charge in [-0.05, 0) is 36.4 Å². The smallest absolute Gasteiger partial charge is 0.156 e. The molecule has 0 amide bonds. The summed E-state index contributed by atoms with van der Waals surface area (Å²) >= 11 is 0. The van der Waals surface area contributed by atoms with Crippen LogP contribution in [0, 0.1) is 5.82 Å². The van der Waals surface area contributed by atoms with Gasteiger partial charge in [-0.2, -0.15) is 5.10 Å². The van der Waals surface area contributed by atoms with E-state index in [0.29, 0.717) is 28.3 Å². The van der Waals surface area contributed by atoms with E-state index in [4.69, 9.17) is 5.73 Å². The number of imidazole rings is 1. The van der Waals surface area contributed by atoms with Crippen LogP contribution in [-0.2, 0) is 0 Å². The van der Waals surface area contributed by atoms with Crippen LogP contribution in [0.4, 0.5) is 10.2 Å². The zero-order valence-corrected chi connectivity index (χ0v) is 13.5. The molecule has 0 bridgehead atoms. The van der Waals surface area contributed by atoms with Gasteiger partial charge in [0.25, 0.3) is 0 Å². The minimum Gasteiger partial charge on any atom is -0.410 e. The van der Waals surface area contributed by atoms with Gasteiger partial charge in [0.05, 0.1) is 0 Å². The lowest BCUT2D eigenvalue weighted by molar-refractivity contribution is 0.319. The molecule has 0 fully saturated rings. The monoisotopic (exact) mass is 347 g/mol. The Balaban J connectivity index is 1.89. The van der Waals surface area contributed by atoms with E-state index in [2.05, 4.69) is 15.2 Å². The van der Waals surface area contributed by atoms with E-state index in [9.17, 15) is 9.60 Å². The average Bonchev–Trinajstić information content (AvgIpc) is 2.99. The summed E-state index contributed by atoms with van der Waals surface area (Å²) in [5.74, 6) is -0.0583. The average molecular weight is 347 g/mol. The first-order valence-electron chi connectivity index (χ1n) is 7.86. The molecule has 0 unspecified atom stereocenters. The van der Waals surface area contributed by atoms with E-state index in [0.717, 1.165) is 5.56 Å². The molecule has 4 rings (SSSR count). The van der Waals surface area contributed by atoms with Gasteiger partial charge in [0.1, 0.15) is 22.9 Å². The van der Waals surface area contributed by atoms with Gasteiger partial charge >= 0.3 is 0 Å². The zero-order chi connectivity index (χ0) is 18.1. The van der Waals surface area contributed by atoms with Gasteiger partial charge in [0.2, 0.25) is 0 Å². The molecule has 6 nitrogen and oxygen atoms in total. The topological polar surface area (TPSA) is 88.8 Å². The van der Waals surface area contributed by atoms with Crippen LogP contribution in [0.15, 0.2) is 71.9 Å². The van der Waals surface area contributed by atoms with Crippen LogP contribution in [-0.4, -0.2) is 25.5 Å². The van der Waals surface area contributed by atoms with Crippen molar-refractivity contribution in [3.63, 3.8) is 0 Å². The van der Waals surface area contributed by atoms with Gasteiger partial charge in [0.15, 0.2) is 11.5 Å². The molecule has 2 aromatic heterocycles. The lowest BCUT2D eigenvalue weighted by Crippen LogP contribution is -2.09. The fourth-order valence-electron chi connectivity index (χ4n) is 2.81. The summed E-state index contributed by atoms with van der Waals surface area (Å²) in [4.78, 5) is 4.29. The second-order valence-electron chi connectivity index (χ2n) is 5.66. The van der Waals surface area contributed by atoms with E-state index in [-0.39, 0.29) is 11.6 Å². The summed E-state index contributed by atoms with van der Waals surface area (Å²) in [7, 11) is 0. The molecule has 4 aromatic rings. The Hall–Kier alpha value is -3.74. The largest absolute Gasteiger partial charge is 0.410 e. The predicted octanol–water partition coefficient (Wildman–Crippen LogP) is 3.34. The first-order chi connectivity index (χ1) is 12.7.